The normalized spacial score (nSPS) is 10.7. The Bertz CT molecular complexity index is 462. The van der Waals surface area contributed by atoms with Crippen molar-refractivity contribution in [1.82, 2.24) is 9.78 Å². The van der Waals surface area contributed by atoms with Crippen LogP contribution in [0.3, 0.4) is 0 Å². The van der Waals surface area contributed by atoms with Crippen LogP contribution in [0.5, 0.6) is 0 Å². The lowest BCUT2D eigenvalue weighted by Gasteiger charge is -2.20. The molecule has 5 heteroatoms. The van der Waals surface area contributed by atoms with Crippen molar-refractivity contribution in [2.45, 2.75) is 34.2 Å². The molecule has 0 atom stereocenters. The summed E-state index contributed by atoms with van der Waals surface area (Å²) >= 11 is 0. The van der Waals surface area contributed by atoms with Crippen molar-refractivity contribution in [2.24, 2.45) is 5.92 Å². The fraction of sp³-hybridized carbons (Fsp3) is 0.615. The predicted octanol–water partition coefficient (Wildman–Crippen LogP) is 1.31. The van der Waals surface area contributed by atoms with E-state index in [9.17, 15) is 9.59 Å². The van der Waals surface area contributed by atoms with Gasteiger partial charge in [-0.2, -0.15) is 5.10 Å². The topological polar surface area (TPSA) is 55.2 Å². The molecule has 0 bridgehead atoms. The molecule has 5 nitrogen and oxygen atoms in total. The zero-order chi connectivity index (χ0) is 13.7. The Morgan fingerprint density at radius 1 is 1.39 bits per heavy atom. The third-order valence-corrected chi connectivity index (χ3v) is 2.93. The number of hydrogen-bond acceptors (Lipinski definition) is 4. The summed E-state index contributed by atoms with van der Waals surface area (Å²) in [7, 11) is 0. The van der Waals surface area contributed by atoms with Crippen LogP contribution >= 0.6 is 0 Å². The zero-order valence-electron chi connectivity index (χ0n) is 11.5. The maximum atomic E-state index is 11.9. The van der Waals surface area contributed by atoms with Gasteiger partial charge >= 0.3 is 0 Å². The number of anilines is 1. The molecule has 0 aliphatic heterocycles. The fourth-order valence-electron chi connectivity index (χ4n) is 1.63. The molecular formula is C13H21N3O2. The molecule has 0 aromatic carbocycles. The van der Waals surface area contributed by atoms with E-state index in [-0.39, 0.29) is 23.8 Å². The summed E-state index contributed by atoms with van der Waals surface area (Å²) in [5.74, 6) is -0.0682. The molecule has 1 aromatic heterocycles. The van der Waals surface area contributed by atoms with Crippen molar-refractivity contribution in [3.63, 3.8) is 0 Å². The second-order valence-corrected chi connectivity index (χ2v) is 4.50. The smallest absolute Gasteiger partial charge is 0.269 e. The number of hydrogen-bond donors (Lipinski definition) is 0. The van der Waals surface area contributed by atoms with E-state index < -0.39 is 0 Å². The highest BCUT2D eigenvalue weighted by Gasteiger charge is 2.11. The van der Waals surface area contributed by atoms with E-state index in [0.29, 0.717) is 0 Å². The van der Waals surface area contributed by atoms with E-state index in [1.54, 1.807) is 6.20 Å². The molecule has 0 spiro atoms. The van der Waals surface area contributed by atoms with Crippen LogP contribution in [0.4, 0.5) is 5.69 Å². The van der Waals surface area contributed by atoms with Crippen LogP contribution in [0.15, 0.2) is 17.1 Å². The minimum Gasteiger partial charge on any atom is -0.371 e. The van der Waals surface area contributed by atoms with Gasteiger partial charge in [-0.05, 0) is 13.8 Å². The molecular weight excluding hydrogens is 230 g/mol. The Hall–Kier alpha value is -1.65. The maximum Gasteiger partial charge on any atom is 0.269 e. The highest BCUT2D eigenvalue weighted by molar-refractivity contribution is 5.79. The monoisotopic (exact) mass is 251 g/mol. The van der Waals surface area contributed by atoms with Crippen LogP contribution in [-0.2, 0) is 11.3 Å². The number of rotatable bonds is 6. The summed E-state index contributed by atoms with van der Waals surface area (Å²) in [6, 6.07) is 1.54. The molecule has 0 amide bonds. The van der Waals surface area contributed by atoms with E-state index in [4.69, 9.17) is 0 Å². The van der Waals surface area contributed by atoms with Gasteiger partial charge in [-0.1, -0.05) is 13.8 Å². The fourth-order valence-corrected chi connectivity index (χ4v) is 1.63. The van der Waals surface area contributed by atoms with E-state index in [1.807, 2.05) is 32.6 Å². The molecule has 1 heterocycles. The van der Waals surface area contributed by atoms with Gasteiger partial charge in [0.1, 0.15) is 6.54 Å². The highest BCUT2D eigenvalue weighted by Crippen LogP contribution is 2.08. The molecule has 0 unspecified atom stereocenters. The lowest BCUT2D eigenvalue weighted by atomic mass is 10.1. The predicted molar refractivity (Wildman–Crippen MR) is 71.9 cm³/mol. The lowest BCUT2D eigenvalue weighted by Crippen LogP contribution is -2.30. The van der Waals surface area contributed by atoms with Crippen LogP contribution in [0.25, 0.3) is 0 Å². The van der Waals surface area contributed by atoms with E-state index in [1.165, 1.54) is 10.7 Å². The quantitative estimate of drug-likeness (QED) is 0.765. The Morgan fingerprint density at radius 3 is 2.44 bits per heavy atom. The number of carbonyl (C=O) groups is 1. The van der Waals surface area contributed by atoms with Crippen molar-refractivity contribution < 1.29 is 4.79 Å². The number of Topliss-reactive ketones (excluding diaryl/α,β-unsaturated/α-hetero) is 1. The van der Waals surface area contributed by atoms with Crippen LogP contribution in [-0.4, -0.2) is 28.7 Å². The molecule has 0 radical (unpaired) electrons. The first kappa shape index (κ1) is 14.4. The summed E-state index contributed by atoms with van der Waals surface area (Å²) in [6.45, 7) is 9.39. The minimum absolute atomic E-state index is 0.0141. The van der Waals surface area contributed by atoms with Gasteiger partial charge in [-0.15, -0.1) is 0 Å². The highest BCUT2D eigenvalue weighted by atomic mass is 16.1. The van der Waals surface area contributed by atoms with Gasteiger partial charge < -0.3 is 4.90 Å². The number of carbonyl (C=O) groups excluding carboxylic acids is 1. The largest absolute Gasteiger partial charge is 0.371 e. The molecule has 1 aromatic rings. The molecule has 0 saturated heterocycles. The molecule has 0 aliphatic rings. The Morgan fingerprint density at radius 2 is 2.00 bits per heavy atom. The third-order valence-electron chi connectivity index (χ3n) is 2.93. The average molecular weight is 251 g/mol. The Balaban J connectivity index is 2.93. The van der Waals surface area contributed by atoms with Crippen molar-refractivity contribution in [2.75, 3.05) is 18.0 Å². The third kappa shape index (κ3) is 3.42. The van der Waals surface area contributed by atoms with Gasteiger partial charge in [0.05, 0.1) is 11.9 Å². The minimum atomic E-state index is -0.228. The number of ketones is 1. The van der Waals surface area contributed by atoms with E-state index >= 15 is 0 Å². The number of nitrogens with zero attached hydrogens (tertiary/aromatic N) is 3. The van der Waals surface area contributed by atoms with Gasteiger partial charge in [0.2, 0.25) is 0 Å². The summed E-state index contributed by atoms with van der Waals surface area (Å²) in [6.07, 6.45) is 1.64. The molecule has 0 fully saturated rings. The van der Waals surface area contributed by atoms with Crippen LogP contribution in [0.2, 0.25) is 0 Å². The maximum absolute atomic E-state index is 11.9. The SMILES string of the molecule is CCN(CC)c1cnn(CC(=O)C(C)C)c(=O)c1. The first-order valence-electron chi connectivity index (χ1n) is 6.34. The molecule has 100 valence electrons. The van der Waals surface area contributed by atoms with Crippen molar-refractivity contribution >= 4 is 11.5 Å². The van der Waals surface area contributed by atoms with E-state index in [2.05, 4.69) is 5.10 Å². The lowest BCUT2D eigenvalue weighted by molar-refractivity contribution is -0.122. The van der Waals surface area contributed by atoms with Gasteiger partial charge in [0, 0.05) is 25.1 Å². The van der Waals surface area contributed by atoms with Gasteiger partial charge in [0.25, 0.3) is 5.56 Å². The summed E-state index contributed by atoms with van der Waals surface area (Å²) < 4.78 is 1.22. The Kier molecular flexibility index (Phi) is 5.07. The van der Waals surface area contributed by atoms with Crippen LogP contribution in [0, 0.1) is 5.92 Å². The average Bonchev–Trinajstić information content (AvgIpc) is 2.33. The summed E-state index contributed by atoms with van der Waals surface area (Å²) in [4.78, 5) is 25.5. The second kappa shape index (κ2) is 6.33. The van der Waals surface area contributed by atoms with Crippen LogP contribution in [0.1, 0.15) is 27.7 Å². The standard InChI is InChI=1S/C13H21N3O2/c1-5-15(6-2)11-7-13(18)16(14-8-11)9-12(17)10(3)4/h7-8,10H,5-6,9H2,1-4H3. The van der Waals surface area contributed by atoms with Crippen molar-refractivity contribution in [3.8, 4) is 0 Å². The molecule has 0 N–H and O–H groups in total. The molecule has 1 rings (SSSR count). The Labute approximate surface area is 107 Å². The first-order chi connectivity index (χ1) is 8.49. The van der Waals surface area contributed by atoms with Crippen molar-refractivity contribution in [1.29, 1.82) is 0 Å². The van der Waals surface area contributed by atoms with Crippen LogP contribution < -0.4 is 10.5 Å². The molecule has 18 heavy (non-hydrogen) atoms. The molecule has 0 aliphatic carbocycles. The second-order valence-electron chi connectivity index (χ2n) is 4.50. The summed E-state index contributed by atoms with van der Waals surface area (Å²) in [5.41, 5.74) is 0.576. The van der Waals surface area contributed by atoms with Gasteiger partial charge in [-0.3, -0.25) is 9.59 Å². The first-order valence-corrected chi connectivity index (χ1v) is 6.34. The van der Waals surface area contributed by atoms with E-state index in [0.717, 1.165) is 18.8 Å². The van der Waals surface area contributed by atoms with Gasteiger partial charge in [-0.25, -0.2) is 4.68 Å². The number of aromatic nitrogens is 2. The summed E-state index contributed by atoms with van der Waals surface area (Å²) in [5, 5.41) is 4.06. The zero-order valence-corrected chi connectivity index (χ0v) is 11.5. The van der Waals surface area contributed by atoms with Gasteiger partial charge in [0.15, 0.2) is 5.78 Å². The molecule has 0 saturated carbocycles. The van der Waals surface area contributed by atoms with Crippen molar-refractivity contribution in [3.05, 3.63) is 22.6 Å².